The lowest BCUT2D eigenvalue weighted by Crippen LogP contribution is -2.36. The quantitative estimate of drug-likeness (QED) is 0.763. The Labute approximate surface area is 115 Å². The van der Waals surface area contributed by atoms with Crippen LogP contribution in [0, 0.1) is 0 Å². The molecular formula is C14H23ClN2O. The molecule has 102 valence electrons. The first kappa shape index (κ1) is 15.4. The van der Waals surface area contributed by atoms with Crippen LogP contribution in [0.5, 0.6) is 0 Å². The van der Waals surface area contributed by atoms with E-state index in [-0.39, 0.29) is 12.6 Å². The lowest BCUT2D eigenvalue weighted by Gasteiger charge is -2.31. The van der Waals surface area contributed by atoms with Crippen LogP contribution in [-0.4, -0.2) is 36.2 Å². The number of benzene rings is 1. The van der Waals surface area contributed by atoms with Gasteiger partial charge in [-0.1, -0.05) is 43.1 Å². The number of aliphatic hydroxyl groups excluding tert-OH is 1. The molecule has 1 aromatic rings. The zero-order valence-electron chi connectivity index (χ0n) is 11.0. The molecule has 0 spiro atoms. The Morgan fingerprint density at radius 1 is 1.33 bits per heavy atom. The molecule has 0 saturated heterocycles. The molecule has 0 aliphatic rings. The van der Waals surface area contributed by atoms with Gasteiger partial charge in [-0.25, -0.2) is 0 Å². The Hall–Kier alpha value is -0.610. The number of nitrogens with zero attached hydrogens (tertiary/aromatic N) is 1. The Balaban J connectivity index is 2.87. The smallest absolute Gasteiger partial charge is 0.0558 e. The number of halogens is 1. The highest BCUT2D eigenvalue weighted by molar-refractivity contribution is 6.31. The van der Waals surface area contributed by atoms with Gasteiger partial charge >= 0.3 is 0 Å². The molecule has 1 rings (SSSR count). The van der Waals surface area contributed by atoms with Gasteiger partial charge in [-0.15, -0.1) is 0 Å². The summed E-state index contributed by atoms with van der Waals surface area (Å²) < 4.78 is 0. The molecule has 0 saturated carbocycles. The van der Waals surface area contributed by atoms with Crippen molar-refractivity contribution in [2.24, 2.45) is 5.73 Å². The van der Waals surface area contributed by atoms with Crippen molar-refractivity contribution in [2.75, 3.05) is 26.2 Å². The molecule has 0 amide bonds. The summed E-state index contributed by atoms with van der Waals surface area (Å²) in [5.74, 6) is 0. The first-order chi connectivity index (χ1) is 8.74. The molecule has 0 aromatic heterocycles. The number of hydrogen-bond donors (Lipinski definition) is 2. The molecule has 0 radical (unpaired) electrons. The zero-order valence-corrected chi connectivity index (χ0v) is 11.7. The Morgan fingerprint density at radius 3 is 2.61 bits per heavy atom. The molecule has 1 unspecified atom stereocenters. The van der Waals surface area contributed by atoms with E-state index in [1.807, 2.05) is 24.3 Å². The predicted molar refractivity (Wildman–Crippen MR) is 76.8 cm³/mol. The van der Waals surface area contributed by atoms with Gasteiger partial charge in [0, 0.05) is 24.2 Å². The molecule has 0 fully saturated rings. The average molecular weight is 271 g/mol. The largest absolute Gasteiger partial charge is 0.395 e. The van der Waals surface area contributed by atoms with Crippen molar-refractivity contribution < 1.29 is 5.11 Å². The van der Waals surface area contributed by atoms with E-state index in [2.05, 4.69) is 11.8 Å². The highest BCUT2D eigenvalue weighted by atomic mass is 35.5. The highest BCUT2D eigenvalue weighted by Gasteiger charge is 2.20. The van der Waals surface area contributed by atoms with Crippen LogP contribution in [0.2, 0.25) is 5.02 Å². The van der Waals surface area contributed by atoms with Gasteiger partial charge in [0.2, 0.25) is 0 Å². The third-order valence-corrected chi connectivity index (χ3v) is 3.46. The third kappa shape index (κ3) is 4.25. The molecule has 0 heterocycles. The number of aliphatic hydroxyl groups is 1. The second-order valence-corrected chi connectivity index (χ2v) is 4.79. The third-order valence-electron chi connectivity index (χ3n) is 3.11. The van der Waals surface area contributed by atoms with E-state index >= 15 is 0 Å². The number of rotatable bonds is 8. The highest BCUT2D eigenvalue weighted by Crippen LogP contribution is 2.26. The van der Waals surface area contributed by atoms with E-state index in [9.17, 15) is 5.11 Å². The minimum absolute atomic E-state index is 0.0809. The maximum absolute atomic E-state index is 9.18. The number of unbranched alkanes of at least 4 members (excludes halogenated alkanes) is 1. The van der Waals surface area contributed by atoms with Crippen molar-refractivity contribution in [1.29, 1.82) is 0 Å². The van der Waals surface area contributed by atoms with Gasteiger partial charge in [0.25, 0.3) is 0 Å². The Bertz CT molecular complexity index is 346. The first-order valence-corrected chi connectivity index (χ1v) is 6.91. The molecule has 0 bridgehead atoms. The lowest BCUT2D eigenvalue weighted by atomic mass is 10.0. The minimum atomic E-state index is 0.0809. The summed E-state index contributed by atoms with van der Waals surface area (Å²) in [6.45, 7) is 4.37. The molecule has 3 N–H and O–H groups in total. The lowest BCUT2D eigenvalue weighted by molar-refractivity contribution is 0.151. The monoisotopic (exact) mass is 270 g/mol. The summed E-state index contributed by atoms with van der Waals surface area (Å²) >= 11 is 6.23. The van der Waals surface area contributed by atoms with Crippen LogP contribution >= 0.6 is 11.6 Å². The molecular weight excluding hydrogens is 248 g/mol. The molecule has 0 aliphatic carbocycles. The molecule has 4 heteroatoms. The molecule has 1 atom stereocenters. The van der Waals surface area contributed by atoms with E-state index in [4.69, 9.17) is 17.3 Å². The van der Waals surface area contributed by atoms with Crippen LogP contribution < -0.4 is 5.73 Å². The molecule has 0 aliphatic heterocycles. The Kier molecular flexibility index (Phi) is 7.28. The fourth-order valence-electron chi connectivity index (χ4n) is 2.13. The number of hydrogen-bond acceptors (Lipinski definition) is 3. The van der Waals surface area contributed by atoms with Crippen LogP contribution in [0.1, 0.15) is 31.4 Å². The van der Waals surface area contributed by atoms with Crippen LogP contribution in [0.15, 0.2) is 24.3 Å². The first-order valence-electron chi connectivity index (χ1n) is 6.54. The van der Waals surface area contributed by atoms with Crippen molar-refractivity contribution >= 4 is 11.6 Å². The van der Waals surface area contributed by atoms with Crippen molar-refractivity contribution in [3.63, 3.8) is 0 Å². The van der Waals surface area contributed by atoms with Crippen molar-refractivity contribution in [2.45, 2.75) is 25.8 Å². The van der Waals surface area contributed by atoms with E-state index in [1.54, 1.807) is 0 Å². The summed E-state index contributed by atoms with van der Waals surface area (Å²) in [5.41, 5.74) is 6.94. The molecule has 3 nitrogen and oxygen atoms in total. The summed E-state index contributed by atoms with van der Waals surface area (Å²) in [6.07, 6.45) is 2.22. The SMILES string of the molecule is CCCCN(CCO)C(CN)c1ccccc1Cl. The summed E-state index contributed by atoms with van der Waals surface area (Å²) in [4.78, 5) is 2.21. The molecule has 1 aromatic carbocycles. The van der Waals surface area contributed by atoms with Crippen LogP contribution in [-0.2, 0) is 0 Å². The maximum atomic E-state index is 9.18. The van der Waals surface area contributed by atoms with Crippen molar-refractivity contribution in [3.05, 3.63) is 34.9 Å². The molecule has 18 heavy (non-hydrogen) atoms. The fraction of sp³-hybridized carbons (Fsp3) is 0.571. The fourth-order valence-corrected chi connectivity index (χ4v) is 2.39. The van der Waals surface area contributed by atoms with E-state index < -0.39 is 0 Å². The van der Waals surface area contributed by atoms with Gasteiger partial charge < -0.3 is 10.8 Å². The normalized spacial score (nSPS) is 12.9. The van der Waals surface area contributed by atoms with Crippen molar-refractivity contribution in [1.82, 2.24) is 4.90 Å². The number of nitrogens with two attached hydrogens (primary N) is 1. The van der Waals surface area contributed by atoms with E-state index in [0.717, 1.165) is 30.0 Å². The second kappa shape index (κ2) is 8.48. The predicted octanol–water partition coefficient (Wildman–Crippen LogP) is 2.43. The van der Waals surface area contributed by atoms with Crippen LogP contribution in [0.4, 0.5) is 0 Å². The standard InChI is InChI=1S/C14H23ClN2O/c1-2-3-8-17(9-10-18)14(11-16)12-6-4-5-7-13(12)15/h4-7,14,18H,2-3,8-11,16H2,1H3. The van der Waals surface area contributed by atoms with Gasteiger partial charge in [0.15, 0.2) is 0 Å². The maximum Gasteiger partial charge on any atom is 0.0558 e. The minimum Gasteiger partial charge on any atom is -0.395 e. The summed E-state index contributed by atoms with van der Waals surface area (Å²) in [6, 6.07) is 7.87. The van der Waals surface area contributed by atoms with Crippen molar-refractivity contribution in [3.8, 4) is 0 Å². The average Bonchev–Trinajstić information content (AvgIpc) is 2.38. The van der Waals surface area contributed by atoms with Crippen LogP contribution in [0.3, 0.4) is 0 Å². The van der Waals surface area contributed by atoms with E-state index in [1.165, 1.54) is 0 Å². The Morgan fingerprint density at radius 2 is 2.06 bits per heavy atom. The topological polar surface area (TPSA) is 49.5 Å². The summed E-state index contributed by atoms with van der Waals surface area (Å²) in [7, 11) is 0. The van der Waals surface area contributed by atoms with Gasteiger partial charge in [-0.2, -0.15) is 0 Å². The van der Waals surface area contributed by atoms with Gasteiger partial charge in [-0.05, 0) is 24.6 Å². The van der Waals surface area contributed by atoms with Gasteiger partial charge in [0.05, 0.1) is 6.61 Å². The van der Waals surface area contributed by atoms with Gasteiger partial charge in [0.1, 0.15) is 0 Å². The van der Waals surface area contributed by atoms with Gasteiger partial charge in [-0.3, -0.25) is 4.90 Å². The summed E-state index contributed by atoms with van der Waals surface area (Å²) in [5, 5.41) is 9.92. The second-order valence-electron chi connectivity index (χ2n) is 4.39. The van der Waals surface area contributed by atoms with E-state index in [0.29, 0.717) is 13.1 Å². The zero-order chi connectivity index (χ0) is 13.4. The van der Waals surface area contributed by atoms with Crippen LogP contribution in [0.25, 0.3) is 0 Å².